The van der Waals surface area contributed by atoms with Gasteiger partial charge in [0, 0.05) is 62.4 Å². The number of aryl methyl sites for hydroxylation is 2. The van der Waals surface area contributed by atoms with Crippen molar-refractivity contribution in [2.24, 2.45) is 14.1 Å². The van der Waals surface area contributed by atoms with Crippen LogP contribution in [0.4, 0.5) is 4.39 Å². The molecule has 4 aromatic rings. The number of carbonyl (C=O) groups is 1. The van der Waals surface area contributed by atoms with Gasteiger partial charge in [0.25, 0.3) is 5.56 Å². The van der Waals surface area contributed by atoms with E-state index in [1.807, 2.05) is 43.9 Å². The summed E-state index contributed by atoms with van der Waals surface area (Å²) >= 11 is 0. The first-order valence-corrected chi connectivity index (χ1v) is 9.55. The van der Waals surface area contributed by atoms with E-state index in [9.17, 15) is 14.0 Å². The second kappa shape index (κ2) is 7.30. The Morgan fingerprint density at radius 1 is 0.967 bits per heavy atom. The van der Waals surface area contributed by atoms with E-state index < -0.39 is 0 Å². The third kappa shape index (κ3) is 3.20. The molecule has 2 aromatic carbocycles. The Kier molecular flexibility index (Phi) is 4.78. The lowest BCUT2D eigenvalue weighted by Gasteiger charge is -2.08. The van der Waals surface area contributed by atoms with Crippen molar-refractivity contribution in [1.82, 2.24) is 14.0 Å². The zero-order valence-corrected chi connectivity index (χ0v) is 17.3. The number of allylic oxidation sites excluding steroid dienone is 1. The van der Waals surface area contributed by atoms with Gasteiger partial charge in [-0.2, -0.15) is 0 Å². The topological polar surface area (TPSA) is 47.2 Å². The minimum absolute atomic E-state index is 0.0915. The van der Waals surface area contributed by atoms with Crippen molar-refractivity contribution >= 4 is 27.7 Å². The predicted molar refractivity (Wildman–Crippen MR) is 118 cm³/mol. The minimum Gasteiger partial charge on any atom is -0.383 e. The van der Waals surface area contributed by atoms with Crippen molar-refractivity contribution in [3.8, 4) is 11.1 Å². The number of aromatic nitrogens is 2. The molecule has 0 unspecified atom stereocenters. The van der Waals surface area contributed by atoms with Crippen LogP contribution < -0.4 is 5.56 Å². The second-order valence-corrected chi connectivity index (χ2v) is 7.60. The van der Waals surface area contributed by atoms with Crippen molar-refractivity contribution in [2.45, 2.75) is 0 Å². The number of halogens is 1. The monoisotopic (exact) mass is 403 g/mol. The van der Waals surface area contributed by atoms with Crippen molar-refractivity contribution in [3.05, 3.63) is 82.5 Å². The molecule has 0 saturated heterocycles. The maximum absolute atomic E-state index is 13.4. The fourth-order valence-corrected chi connectivity index (χ4v) is 3.79. The van der Waals surface area contributed by atoms with Gasteiger partial charge in [0.2, 0.25) is 0 Å². The first-order chi connectivity index (χ1) is 14.3. The molecular weight excluding hydrogens is 381 g/mol. The van der Waals surface area contributed by atoms with E-state index in [0.717, 1.165) is 21.9 Å². The largest absolute Gasteiger partial charge is 0.383 e. The van der Waals surface area contributed by atoms with Crippen molar-refractivity contribution < 1.29 is 9.18 Å². The molecule has 0 aliphatic carbocycles. The lowest BCUT2D eigenvalue weighted by Crippen LogP contribution is -2.20. The lowest BCUT2D eigenvalue weighted by molar-refractivity contribution is 0.104. The molecule has 2 aromatic heterocycles. The first-order valence-electron chi connectivity index (χ1n) is 9.55. The van der Waals surface area contributed by atoms with E-state index in [1.54, 1.807) is 40.9 Å². The highest BCUT2D eigenvalue weighted by Crippen LogP contribution is 2.31. The summed E-state index contributed by atoms with van der Waals surface area (Å²) in [4.78, 5) is 27.4. The average molecular weight is 403 g/mol. The Bertz CT molecular complexity index is 1380. The molecule has 0 atom stereocenters. The summed E-state index contributed by atoms with van der Waals surface area (Å²) in [6, 6.07) is 13.3. The number of benzene rings is 2. The molecule has 152 valence electrons. The highest BCUT2D eigenvalue weighted by atomic mass is 19.1. The van der Waals surface area contributed by atoms with Gasteiger partial charge in [-0.05, 0) is 42.0 Å². The van der Waals surface area contributed by atoms with Crippen LogP contribution in [-0.4, -0.2) is 33.9 Å². The summed E-state index contributed by atoms with van der Waals surface area (Å²) < 4.78 is 16.9. The van der Waals surface area contributed by atoms with E-state index in [-0.39, 0.29) is 17.2 Å². The quantitative estimate of drug-likeness (QED) is 0.381. The molecule has 0 saturated carbocycles. The zero-order valence-electron chi connectivity index (χ0n) is 17.3. The van der Waals surface area contributed by atoms with Crippen molar-refractivity contribution in [3.63, 3.8) is 0 Å². The standard InChI is InChI=1S/C24H22FN3O2/c1-26(2)12-11-22(29)16-7-10-21-19(13-16)20-14-18(15-5-8-17(25)9-6-15)24(30)28(4)23(20)27(21)3/h5-14H,1-4H3. The summed E-state index contributed by atoms with van der Waals surface area (Å²) in [7, 11) is 7.34. The highest BCUT2D eigenvalue weighted by Gasteiger charge is 2.17. The molecular formula is C24H22FN3O2. The molecule has 0 aliphatic heterocycles. The number of hydrogen-bond acceptors (Lipinski definition) is 3. The van der Waals surface area contributed by atoms with Crippen molar-refractivity contribution in [1.29, 1.82) is 0 Å². The van der Waals surface area contributed by atoms with E-state index in [0.29, 0.717) is 16.7 Å². The van der Waals surface area contributed by atoms with E-state index in [2.05, 4.69) is 0 Å². The van der Waals surface area contributed by atoms with Gasteiger partial charge in [0.1, 0.15) is 11.5 Å². The van der Waals surface area contributed by atoms with E-state index in [1.165, 1.54) is 18.2 Å². The number of carbonyl (C=O) groups excluding carboxylic acids is 1. The van der Waals surface area contributed by atoms with Crippen molar-refractivity contribution in [2.75, 3.05) is 14.1 Å². The minimum atomic E-state index is -0.351. The summed E-state index contributed by atoms with van der Waals surface area (Å²) in [6.07, 6.45) is 3.25. The molecule has 6 heteroatoms. The van der Waals surface area contributed by atoms with Crippen LogP contribution in [0.2, 0.25) is 0 Å². The van der Waals surface area contributed by atoms with Crippen LogP contribution in [0.15, 0.2) is 65.6 Å². The molecule has 30 heavy (non-hydrogen) atoms. The number of hydrogen-bond donors (Lipinski definition) is 0. The van der Waals surface area contributed by atoms with Crippen LogP contribution in [-0.2, 0) is 14.1 Å². The third-order valence-corrected chi connectivity index (χ3v) is 5.31. The van der Waals surface area contributed by atoms with Gasteiger partial charge in [-0.25, -0.2) is 4.39 Å². The fraction of sp³-hybridized carbons (Fsp3) is 0.167. The van der Waals surface area contributed by atoms with Crippen LogP contribution in [0.3, 0.4) is 0 Å². The molecule has 0 amide bonds. The second-order valence-electron chi connectivity index (χ2n) is 7.60. The maximum Gasteiger partial charge on any atom is 0.259 e. The number of rotatable bonds is 4. The molecule has 5 nitrogen and oxygen atoms in total. The van der Waals surface area contributed by atoms with Gasteiger partial charge >= 0.3 is 0 Å². The highest BCUT2D eigenvalue weighted by molar-refractivity contribution is 6.12. The molecule has 0 fully saturated rings. The van der Waals surface area contributed by atoms with Gasteiger partial charge in [0.15, 0.2) is 5.78 Å². The smallest absolute Gasteiger partial charge is 0.259 e. The van der Waals surface area contributed by atoms with Gasteiger partial charge < -0.3 is 9.47 Å². The van der Waals surface area contributed by atoms with Crippen LogP contribution in [0.25, 0.3) is 33.1 Å². The van der Waals surface area contributed by atoms with Gasteiger partial charge in [-0.3, -0.25) is 14.2 Å². The van der Waals surface area contributed by atoms with E-state index in [4.69, 9.17) is 0 Å². The van der Waals surface area contributed by atoms with Crippen LogP contribution in [0.1, 0.15) is 10.4 Å². The molecule has 0 bridgehead atoms. The molecule has 0 radical (unpaired) electrons. The molecule has 0 spiro atoms. The van der Waals surface area contributed by atoms with Crippen LogP contribution in [0, 0.1) is 5.82 Å². The lowest BCUT2D eigenvalue weighted by atomic mass is 10.0. The Labute approximate surface area is 173 Å². The predicted octanol–water partition coefficient (Wildman–Crippen LogP) is 4.09. The third-order valence-electron chi connectivity index (χ3n) is 5.31. The van der Waals surface area contributed by atoms with Crippen LogP contribution >= 0.6 is 0 Å². The number of nitrogens with zero attached hydrogens (tertiary/aromatic N) is 3. The first kappa shape index (κ1) is 19.6. The molecule has 4 rings (SSSR count). The number of ketones is 1. The fourth-order valence-electron chi connectivity index (χ4n) is 3.79. The summed E-state index contributed by atoms with van der Waals surface area (Å²) in [5.41, 5.74) is 3.23. The molecule has 2 heterocycles. The average Bonchev–Trinajstić information content (AvgIpc) is 3.01. The zero-order chi connectivity index (χ0) is 21.6. The van der Waals surface area contributed by atoms with E-state index >= 15 is 0 Å². The SMILES string of the molecule is CN(C)C=CC(=O)c1ccc2c(c1)c1cc(-c3ccc(F)cc3)c(=O)n(C)c1n2C. The van der Waals surface area contributed by atoms with Crippen LogP contribution in [0.5, 0.6) is 0 Å². The summed E-state index contributed by atoms with van der Waals surface area (Å²) in [5, 5.41) is 1.75. The Morgan fingerprint density at radius 3 is 2.33 bits per heavy atom. The summed E-state index contributed by atoms with van der Waals surface area (Å²) in [6.45, 7) is 0. The molecule has 0 N–H and O–H groups in total. The van der Waals surface area contributed by atoms with Gasteiger partial charge in [-0.15, -0.1) is 0 Å². The summed E-state index contributed by atoms with van der Waals surface area (Å²) in [5.74, 6) is -0.443. The van der Waals surface area contributed by atoms with Gasteiger partial charge in [0.05, 0.1) is 5.52 Å². The number of pyridine rings is 1. The number of fused-ring (bicyclic) bond motifs is 3. The normalized spacial score (nSPS) is 11.6. The Hall–Kier alpha value is -3.67. The Morgan fingerprint density at radius 2 is 1.67 bits per heavy atom. The Balaban J connectivity index is 1.98. The molecule has 0 aliphatic rings. The van der Waals surface area contributed by atoms with Gasteiger partial charge in [-0.1, -0.05) is 12.1 Å². The maximum atomic E-state index is 13.4.